The molecule has 0 radical (unpaired) electrons. The molecule has 0 saturated carbocycles. The van der Waals surface area contributed by atoms with Gasteiger partial charge in [0.2, 0.25) is 0 Å². The van der Waals surface area contributed by atoms with Crippen LogP contribution < -0.4 is 5.32 Å². The van der Waals surface area contributed by atoms with Crippen molar-refractivity contribution in [3.8, 4) is 0 Å². The molecule has 1 saturated heterocycles. The molecule has 1 aliphatic rings. The number of rotatable bonds is 5. The van der Waals surface area contributed by atoms with Gasteiger partial charge in [0.25, 0.3) is 0 Å². The van der Waals surface area contributed by atoms with E-state index in [0.717, 1.165) is 46.6 Å². The molecule has 0 aliphatic carbocycles. The molecule has 1 aliphatic heterocycles. The summed E-state index contributed by atoms with van der Waals surface area (Å²) in [4.78, 5) is 8.14. The van der Waals surface area contributed by atoms with E-state index in [-0.39, 0.29) is 6.10 Å². The summed E-state index contributed by atoms with van der Waals surface area (Å²) in [6.07, 6.45) is -0.180. The summed E-state index contributed by atoms with van der Waals surface area (Å²) in [6, 6.07) is 16.3. The fraction of sp³-hybridized carbons (Fsp3) is 0.278. The lowest BCUT2D eigenvalue weighted by molar-refractivity contribution is 0.0340. The van der Waals surface area contributed by atoms with Gasteiger partial charge in [-0.15, -0.1) is 0 Å². The zero-order valence-electron chi connectivity index (χ0n) is 12.6. The van der Waals surface area contributed by atoms with Crippen LogP contribution in [0.25, 0.3) is 11.0 Å². The number of benzene rings is 2. The number of H-pyrrole nitrogens is 1. The van der Waals surface area contributed by atoms with Gasteiger partial charge in [0.15, 0.2) is 0 Å². The summed E-state index contributed by atoms with van der Waals surface area (Å²) in [7, 11) is 0. The van der Waals surface area contributed by atoms with E-state index in [1.54, 1.807) is 0 Å². The predicted octanol–water partition coefficient (Wildman–Crippen LogP) is 3.65. The van der Waals surface area contributed by atoms with Gasteiger partial charge in [-0.25, -0.2) is 4.98 Å². The van der Waals surface area contributed by atoms with Crippen molar-refractivity contribution in [3.63, 3.8) is 0 Å². The van der Waals surface area contributed by atoms with E-state index in [1.807, 2.05) is 36.4 Å². The van der Waals surface area contributed by atoms with Crippen molar-refractivity contribution in [1.29, 1.82) is 0 Å². The number of halogens is 1. The molecule has 2 N–H and O–H groups in total. The second-order valence-corrected chi connectivity index (χ2v) is 6.85. The average Bonchev–Trinajstić information content (AvgIpc) is 2.93. The van der Waals surface area contributed by atoms with E-state index >= 15 is 0 Å². The molecule has 1 atom stereocenters. The number of aromatic amines is 1. The van der Waals surface area contributed by atoms with E-state index in [2.05, 4.69) is 38.4 Å². The molecule has 5 heteroatoms. The Balaban J connectivity index is 1.67. The number of nitrogens with zero attached hydrogens (tertiary/aromatic N) is 1. The van der Waals surface area contributed by atoms with Crippen LogP contribution in [0.15, 0.2) is 53.0 Å². The van der Waals surface area contributed by atoms with Crippen LogP contribution in [-0.4, -0.2) is 29.7 Å². The first-order chi connectivity index (χ1) is 11.3. The molecule has 118 valence electrons. The Kier molecular flexibility index (Phi) is 4.16. The van der Waals surface area contributed by atoms with Gasteiger partial charge in [0, 0.05) is 23.5 Å². The molecule has 2 heterocycles. The largest absolute Gasteiger partial charge is 0.365 e. The summed E-state index contributed by atoms with van der Waals surface area (Å²) in [5.74, 6) is 1.45. The van der Waals surface area contributed by atoms with Crippen molar-refractivity contribution in [1.82, 2.24) is 15.3 Å². The lowest BCUT2D eigenvalue weighted by Gasteiger charge is -2.28. The Morgan fingerprint density at radius 1 is 1.17 bits per heavy atom. The molecule has 1 fully saturated rings. The van der Waals surface area contributed by atoms with Crippen LogP contribution in [-0.2, 0) is 4.74 Å². The second kappa shape index (κ2) is 6.43. The van der Waals surface area contributed by atoms with E-state index in [1.165, 1.54) is 0 Å². The molecule has 23 heavy (non-hydrogen) atoms. The zero-order valence-corrected chi connectivity index (χ0v) is 14.2. The van der Waals surface area contributed by atoms with Crippen molar-refractivity contribution >= 4 is 27.0 Å². The lowest BCUT2D eigenvalue weighted by atomic mass is 10.0. The first-order valence-corrected chi connectivity index (χ1v) is 8.61. The predicted molar refractivity (Wildman–Crippen MR) is 94.4 cm³/mol. The van der Waals surface area contributed by atoms with Gasteiger partial charge in [-0.2, -0.15) is 0 Å². The molecule has 1 aromatic heterocycles. The third-order valence-electron chi connectivity index (χ3n) is 4.17. The van der Waals surface area contributed by atoms with Crippen LogP contribution in [0.2, 0.25) is 0 Å². The van der Waals surface area contributed by atoms with Gasteiger partial charge in [0.05, 0.1) is 17.6 Å². The van der Waals surface area contributed by atoms with Crippen LogP contribution in [0.1, 0.15) is 17.5 Å². The first kappa shape index (κ1) is 14.9. The Morgan fingerprint density at radius 3 is 2.78 bits per heavy atom. The van der Waals surface area contributed by atoms with Gasteiger partial charge >= 0.3 is 0 Å². The minimum absolute atomic E-state index is 0.180. The number of hydrogen-bond donors (Lipinski definition) is 2. The molecule has 0 amide bonds. The minimum atomic E-state index is -0.180. The van der Waals surface area contributed by atoms with E-state index in [0.29, 0.717) is 5.92 Å². The number of imidazole rings is 1. The van der Waals surface area contributed by atoms with Gasteiger partial charge in [-0.3, -0.25) is 0 Å². The molecule has 4 rings (SSSR count). The van der Waals surface area contributed by atoms with Crippen LogP contribution in [0.3, 0.4) is 0 Å². The lowest BCUT2D eigenvalue weighted by Crippen LogP contribution is -2.44. The van der Waals surface area contributed by atoms with Gasteiger partial charge in [0.1, 0.15) is 11.9 Å². The minimum Gasteiger partial charge on any atom is -0.365 e. The number of fused-ring (bicyclic) bond motifs is 1. The molecular formula is C18H18BrN3O. The van der Waals surface area contributed by atoms with Crippen LogP contribution in [0.4, 0.5) is 0 Å². The summed E-state index contributed by atoms with van der Waals surface area (Å²) in [6.45, 7) is 2.80. The molecule has 4 nitrogen and oxygen atoms in total. The van der Waals surface area contributed by atoms with Gasteiger partial charge in [-0.05, 0) is 29.8 Å². The highest BCUT2D eigenvalue weighted by molar-refractivity contribution is 9.10. The highest BCUT2D eigenvalue weighted by Crippen LogP contribution is 2.28. The zero-order chi connectivity index (χ0) is 15.6. The van der Waals surface area contributed by atoms with Crippen molar-refractivity contribution in [2.75, 3.05) is 19.7 Å². The number of ether oxygens (including phenoxy) is 1. The van der Waals surface area contributed by atoms with Crippen molar-refractivity contribution < 1.29 is 4.74 Å². The van der Waals surface area contributed by atoms with Crippen molar-refractivity contribution in [2.45, 2.75) is 6.10 Å². The van der Waals surface area contributed by atoms with Gasteiger partial charge in [-0.1, -0.05) is 40.2 Å². The Bertz CT molecular complexity index is 780. The number of aromatic nitrogens is 2. The monoisotopic (exact) mass is 371 g/mol. The van der Waals surface area contributed by atoms with Crippen molar-refractivity contribution in [2.24, 2.45) is 5.92 Å². The van der Waals surface area contributed by atoms with Crippen LogP contribution >= 0.6 is 15.9 Å². The highest BCUT2D eigenvalue weighted by Gasteiger charge is 2.23. The van der Waals surface area contributed by atoms with E-state index in [4.69, 9.17) is 9.72 Å². The summed E-state index contributed by atoms with van der Waals surface area (Å²) in [5.41, 5.74) is 3.11. The maximum Gasteiger partial charge on any atom is 0.141 e. The summed E-state index contributed by atoms with van der Waals surface area (Å²) >= 11 is 3.55. The molecule has 3 aromatic rings. The quantitative estimate of drug-likeness (QED) is 0.719. The maximum absolute atomic E-state index is 6.25. The van der Waals surface area contributed by atoms with Crippen molar-refractivity contribution in [3.05, 3.63) is 64.4 Å². The Hall–Kier alpha value is -1.69. The number of nitrogens with one attached hydrogen (secondary N) is 2. The fourth-order valence-corrected chi connectivity index (χ4v) is 3.21. The maximum atomic E-state index is 6.25. The fourth-order valence-electron chi connectivity index (χ4n) is 2.80. The highest BCUT2D eigenvalue weighted by atomic mass is 79.9. The van der Waals surface area contributed by atoms with Crippen LogP contribution in [0, 0.1) is 5.92 Å². The summed E-state index contributed by atoms with van der Waals surface area (Å²) < 4.78 is 7.29. The number of para-hydroxylation sites is 2. The third kappa shape index (κ3) is 3.17. The number of hydrogen-bond acceptors (Lipinski definition) is 3. The molecule has 2 aromatic carbocycles. The normalized spacial score (nSPS) is 16.4. The first-order valence-electron chi connectivity index (χ1n) is 7.82. The second-order valence-electron chi connectivity index (χ2n) is 5.93. The third-order valence-corrected chi connectivity index (χ3v) is 4.67. The van der Waals surface area contributed by atoms with E-state index in [9.17, 15) is 0 Å². The van der Waals surface area contributed by atoms with Gasteiger partial charge < -0.3 is 15.0 Å². The smallest absolute Gasteiger partial charge is 0.141 e. The molecule has 0 bridgehead atoms. The van der Waals surface area contributed by atoms with E-state index < -0.39 is 0 Å². The topological polar surface area (TPSA) is 49.9 Å². The SMILES string of the molecule is Brc1cccc(C(OCC2CNC2)c2nc3ccccc3[nH]2)c1. The summed E-state index contributed by atoms with van der Waals surface area (Å²) in [5, 5.41) is 3.28. The molecule has 0 spiro atoms. The standard InChI is InChI=1S/C18H18BrN3O/c19-14-5-3-4-13(8-14)17(23-11-12-9-20-10-12)18-21-15-6-1-2-7-16(15)22-18/h1-8,12,17,20H,9-11H2,(H,21,22). The Morgan fingerprint density at radius 2 is 2.04 bits per heavy atom. The average molecular weight is 372 g/mol. The van der Waals surface area contributed by atoms with Crippen LogP contribution in [0.5, 0.6) is 0 Å². The molecule has 1 unspecified atom stereocenters. The Labute approximate surface area is 143 Å². The molecular weight excluding hydrogens is 354 g/mol.